The van der Waals surface area contributed by atoms with Crippen LogP contribution >= 0.6 is 0 Å². The first-order valence-electron chi connectivity index (χ1n) is 9.89. The molecule has 2 atom stereocenters. The van der Waals surface area contributed by atoms with E-state index in [2.05, 4.69) is 22.9 Å². The molecule has 2 saturated heterocycles. The Kier molecular flexibility index (Phi) is 4.02. The molecule has 0 unspecified atom stereocenters. The fraction of sp³-hybridized carbons (Fsp3) is 0.571. The molecule has 138 valence electrons. The van der Waals surface area contributed by atoms with Crippen LogP contribution < -0.4 is 5.56 Å². The Bertz CT molecular complexity index is 833. The lowest BCUT2D eigenvalue weighted by Crippen LogP contribution is -2.53. The zero-order chi connectivity index (χ0) is 17.7. The van der Waals surface area contributed by atoms with Gasteiger partial charge in [-0.05, 0) is 69.6 Å². The topological polar surface area (TPSA) is 41.6 Å². The Hall–Kier alpha value is -1.85. The lowest BCUT2D eigenvalue weighted by atomic mass is 9.81. The molecule has 3 aliphatic rings. The molecule has 5 rings (SSSR count). The predicted octanol–water partition coefficient (Wildman–Crippen LogP) is 2.62. The van der Waals surface area contributed by atoms with E-state index in [0.29, 0.717) is 23.2 Å². The largest absolute Gasteiger partial charge is 0.464 e. The fourth-order valence-electron chi connectivity index (χ4n) is 5.26. The molecular formula is C21H27N3O2. The summed E-state index contributed by atoms with van der Waals surface area (Å²) < 4.78 is 7.50. The molecule has 0 saturated carbocycles. The third kappa shape index (κ3) is 2.74. The molecule has 2 aromatic rings. The van der Waals surface area contributed by atoms with E-state index >= 15 is 0 Å². The molecule has 26 heavy (non-hydrogen) atoms. The summed E-state index contributed by atoms with van der Waals surface area (Å²) >= 11 is 0. The maximum atomic E-state index is 13.0. The normalized spacial score (nSPS) is 27.4. The summed E-state index contributed by atoms with van der Waals surface area (Å²) in [5.41, 5.74) is 2.02. The second kappa shape index (κ2) is 6.39. The van der Waals surface area contributed by atoms with Crippen LogP contribution in [0, 0.1) is 5.92 Å². The highest BCUT2D eigenvalue weighted by Crippen LogP contribution is 2.37. The first-order valence-corrected chi connectivity index (χ1v) is 9.89. The van der Waals surface area contributed by atoms with Crippen molar-refractivity contribution in [2.24, 2.45) is 5.92 Å². The number of furan rings is 1. The minimum absolute atomic E-state index is 0.111. The summed E-state index contributed by atoms with van der Waals surface area (Å²) in [6, 6.07) is 8.56. The average molecular weight is 353 g/mol. The number of piperidine rings is 2. The molecule has 3 aliphatic heterocycles. The van der Waals surface area contributed by atoms with Gasteiger partial charge in [-0.3, -0.25) is 9.69 Å². The molecule has 0 radical (unpaired) electrons. The summed E-state index contributed by atoms with van der Waals surface area (Å²) in [7, 11) is 2.22. The molecule has 0 amide bonds. The van der Waals surface area contributed by atoms with E-state index in [1.165, 1.54) is 38.0 Å². The van der Waals surface area contributed by atoms with Crippen LogP contribution in [0.3, 0.4) is 0 Å². The van der Waals surface area contributed by atoms with E-state index in [0.717, 1.165) is 25.7 Å². The quantitative estimate of drug-likeness (QED) is 0.832. The summed E-state index contributed by atoms with van der Waals surface area (Å²) in [5.74, 6) is 1.75. The third-order valence-electron chi connectivity index (χ3n) is 6.62. The smallest absolute Gasteiger partial charge is 0.261 e. The van der Waals surface area contributed by atoms with Crippen LogP contribution in [0.4, 0.5) is 0 Å². The number of pyridine rings is 1. The summed E-state index contributed by atoms with van der Waals surface area (Å²) in [4.78, 5) is 18.2. The van der Waals surface area contributed by atoms with Gasteiger partial charge >= 0.3 is 0 Å². The zero-order valence-electron chi connectivity index (χ0n) is 15.4. The van der Waals surface area contributed by atoms with E-state index in [1.54, 1.807) is 6.26 Å². The van der Waals surface area contributed by atoms with Gasteiger partial charge in [-0.2, -0.15) is 0 Å². The molecule has 5 nitrogen and oxygen atoms in total. The second-order valence-corrected chi connectivity index (χ2v) is 8.35. The van der Waals surface area contributed by atoms with E-state index in [1.807, 2.05) is 22.8 Å². The van der Waals surface area contributed by atoms with Gasteiger partial charge in [0.15, 0.2) is 0 Å². The maximum Gasteiger partial charge on any atom is 0.261 e. The van der Waals surface area contributed by atoms with Crippen molar-refractivity contribution >= 4 is 0 Å². The van der Waals surface area contributed by atoms with Gasteiger partial charge in [-0.25, -0.2) is 0 Å². The van der Waals surface area contributed by atoms with Gasteiger partial charge in [0, 0.05) is 37.3 Å². The Morgan fingerprint density at radius 2 is 1.92 bits per heavy atom. The van der Waals surface area contributed by atoms with Crippen LogP contribution in [-0.4, -0.2) is 53.6 Å². The highest BCUT2D eigenvalue weighted by molar-refractivity contribution is 5.56. The molecule has 0 spiro atoms. The zero-order valence-corrected chi connectivity index (χ0v) is 15.4. The van der Waals surface area contributed by atoms with Gasteiger partial charge in [0.05, 0.1) is 11.8 Å². The van der Waals surface area contributed by atoms with E-state index in [9.17, 15) is 4.79 Å². The van der Waals surface area contributed by atoms with Gasteiger partial charge < -0.3 is 13.9 Å². The SMILES string of the molecule is CN1CCC(N2C[C@@H]3C[C@H](C2)c2ccc(-c4ccco4)c(=O)n2C3)CC1. The average Bonchev–Trinajstić information content (AvgIpc) is 3.17. The summed E-state index contributed by atoms with van der Waals surface area (Å²) in [5, 5.41) is 0. The van der Waals surface area contributed by atoms with Crippen LogP contribution in [0.15, 0.2) is 39.7 Å². The van der Waals surface area contributed by atoms with E-state index in [-0.39, 0.29) is 5.56 Å². The van der Waals surface area contributed by atoms with Gasteiger partial charge in [0.25, 0.3) is 5.56 Å². The van der Waals surface area contributed by atoms with Crippen molar-refractivity contribution in [1.82, 2.24) is 14.4 Å². The van der Waals surface area contributed by atoms with Crippen molar-refractivity contribution in [1.29, 1.82) is 0 Å². The Labute approximate surface area is 154 Å². The fourth-order valence-corrected chi connectivity index (χ4v) is 5.26. The monoisotopic (exact) mass is 353 g/mol. The molecule has 0 N–H and O–H groups in total. The molecule has 2 aromatic heterocycles. The maximum absolute atomic E-state index is 13.0. The Morgan fingerprint density at radius 3 is 2.69 bits per heavy atom. The molecule has 5 heterocycles. The van der Waals surface area contributed by atoms with Gasteiger partial charge in [0.2, 0.25) is 0 Å². The van der Waals surface area contributed by atoms with Crippen molar-refractivity contribution < 1.29 is 4.42 Å². The highest BCUT2D eigenvalue weighted by atomic mass is 16.3. The number of aromatic nitrogens is 1. The first-order chi connectivity index (χ1) is 12.7. The molecule has 2 bridgehead atoms. The Balaban J connectivity index is 1.43. The van der Waals surface area contributed by atoms with Crippen LogP contribution in [0.25, 0.3) is 11.3 Å². The van der Waals surface area contributed by atoms with Crippen molar-refractivity contribution in [2.75, 3.05) is 33.2 Å². The Morgan fingerprint density at radius 1 is 1.08 bits per heavy atom. The van der Waals surface area contributed by atoms with Crippen LogP contribution in [0.1, 0.15) is 30.9 Å². The lowest BCUT2D eigenvalue weighted by molar-refractivity contribution is 0.0517. The number of nitrogens with zero attached hydrogens (tertiary/aromatic N) is 3. The van der Waals surface area contributed by atoms with Gasteiger partial charge in [-0.15, -0.1) is 0 Å². The van der Waals surface area contributed by atoms with Crippen molar-refractivity contribution in [3.8, 4) is 11.3 Å². The lowest BCUT2D eigenvalue weighted by Gasteiger charge is -2.47. The van der Waals surface area contributed by atoms with Crippen molar-refractivity contribution in [3.05, 3.63) is 46.6 Å². The highest BCUT2D eigenvalue weighted by Gasteiger charge is 2.37. The number of fused-ring (bicyclic) bond motifs is 4. The molecule has 5 heteroatoms. The minimum atomic E-state index is 0.111. The molecule has 0 aliphatic carbocycles. The van der Waals surface area contributed by atoms with Crippen LogP contribution in [-0.2, 0) is 6.54 Å². The molecular weight excluding hydrogens is 326 g/mol. The molecule has 2 fully saturated rings. The number of likely N-dealkylation sites (tertiary alicyclic amines) is 2. The van der Waals surface area contributed by atoms with Gasteiger partial charge in [0.1, 0.15) is 5.76 Å². The summed E-state index contributed by atoms with van der Waals surface area (Å²) in [6.07, 6.45) is 5.41. The third-order valence-corrected chi connectivity index (χ3v) is 6.62. The van der Waals surface area contributed by atoms with E-state index in [4.69, 9.17) is 4.42 Å². The first kappa shape index (κ1) is 16.3. The van der Waals surface area contributed by atoms with E-state index < -0.39 is 0 Å². The van der Waals surface area contributed by atoms with Crippen molar-refractivity contribution in [2.45, 2.75) is 37.8 Å². The van der Waals surface area contributed by atoms with Gasteiger partial charge in [-0.1, -0.05) is 0 Å². The summed E-state index contributed by atoms with van der Waals surface area (Å²) in [6.45, 7) is 5.51. The number of hydrogen-bond donors (Lipinski definition) is 0. The van der Waals surface area contributed by atoms with Crippen LogP contribution in [0.5, 0.6) is 0 Å². The standard InChI is InChI=1S/C21H27N3O2/c1-22-8-6-17(7-9-22)23-12-15-11-16(14-23)19-5-4-18(20-3-2-10-26-20)21(25)24(19)13-15/h2-5,10,15-17H,6-9,11-14H2,1H3/t15-,16+/m0/s1. The second-order valence-electron chi connectivity index (χ2n) is 8.35. The predicted molar refractivity (Wildman–Crippen MR) is 101 cm³/mol. The van der Waals surface area contributed by atoms with Crippen LogP contribution in [0.2, 0.25) is 0 Å². The minimum Gasteiger partial charge on any atom is -0.464 e. The number of rotatable bonds is 2. The number of hydrogen-bond acceptors (Lipinski definition) is 4. The van der Waals surface area contributed by atoms with Crippen molar-refractivity contribution in [3.63, 3.8) is 0 Å². The molecule has 0 aromatic carbocycles.